The van der Waals surface area contributed by atoms with Gasteiger partial charge in [0.25, 0.3) is 0 Å². The van der Waals surface area contributed by atoms with E-state index in [1.165, 1.54) is 25.8 Å². The second-order valence-electron chi connectivity index (χ2n) is 3.22. The first-order chi connectivity index (χ1) is 5.75. The molecule has 0 saturated carbocycles. The molecule has 70 valence electrons. The van der Waals surface area contributed by atoms with Crippen molar-refractivity contribution in [3.8, 4) is 0 Å². The first kappa shape index (κ1) is 10.2. The fourth-order valence-electron chi connectivity index (χ4n) is 1.29. The minimum absolute atomic E-state index is 0.527. The predicted molar refractivity (Wildman–Crippen MR) is 60.9 cm³/mol. The molecule has 0 aromatic rings. The summed E-state index contributed by atoms with van der Waals surface area (Å²) < 4.78 is 0.527. The van der Waals surface area contributed by atoms with Crippen LogP contribution in [0.15, 0.2) is 12.4 Å². The van der Waals surface area contributed by atoms with Gasteiger partial charge in [-0.1, -0.05) is 19.8 Å². The van der Waals surface area contributed by atoms with Gasteiger partial charge in [0.1, 0.15) is 0 Å². The molecule has 1 atom stereocenters. The highest BCUT2D eigenvalue weighted by Gasteiger charge is 2.18. The minimum atomic E-state index is 0.527. The fraction of sp³-hybridized carbons (Fsp3) is 0.778. The van der Waals surface area contributed by atoms with E-state index in [0.717, 1.165) is 0 Å². The number of unbranched alkanes of at least 4 members (excludes halogenated alkanes) is 2. The highest BCUT2D eigenvalue weighted by Crippen LogP contribution is 2.19. The summed E-state index contributed by atoms with van der Waals surface area (Å²) >= 11 is 2.46. The lowest BCUT2D eigenvalue weighted by Crippen LogP contribution is -2.31. The molecule has 1 aliphatic heterocycles. The second-order valence-corrected chi connectivity index (χ2v) is 4.33. The van der Waals surface area contributed by atoms with Crippen molar-refractivity contribution >= 4 is 22.6 Å². The van der Waals surface area contributed by atoms with Gasteiger partial charge in [-0.2, -0.15) is 0 Å². The summed E-state index contributed by atoms with van der Waals surface area (Å²) in [6.45, 7) is 3.44. The van der Waals surface area contributed by atoms with Gasteiger partial charge < -0.3 is 9.80 Å². The molecule has 3 heteroatoms. The SMILES string of the molecule is CCCCCN1C=CN(C)C1I. The average molecular weight is 280 g/mol. The maximum Gasteiger partial charge on any atom is 0.154 e. The maximum atomic E-state index is 2.46. The van der Waals surface area contributed by atoms with Crippen molar-refractivity contribution in [3.63, 3.8) is 0 Å². The molecular weight excluding hydrogens is 263 g/mol. The van der Waals surface area contributed by atoms with Crippen LogP contribution in [0.2, 0.25) is 0 Å². The third-order valence-corrected chi connectivity index (χ3v) is 3.72. The van der Waals surface area contributed by atoms with Crippen LogP contribution < -0.4 is 0 Å². The normalized spacial score (nSPS) is 22.4. The smallest absolute Gasteiger partial charge is 0.154 e. The molecule has 1 rings (SSSR count). The Morgan fingerprint density at radius 3 is 2.58 bits per heavy atom. The quantitative estimate of drug-likeness (QED) is 0.338. The van der Waals surface area contributed by atoms with Gasteiger partial charge in [0.05, 0.1) is 0 Å². The summed E-state index contributed by atoms with van der Waals surface area (Å²) in [7, 11) is 2.12. The van der Waals surface area contributed by atoms with Crippen LogP contribution in [0.1, 0.15) is 26.2 Å². The van der Waals surface area contributed by atoms with Crippen LogP contribution in [0.4, 0.5) is 0 Å². The second kappa shape index (κ2) is 4.94. The predicted octanol–water partition coefficient (Wildman–Crippen LogP) is 2.61. The van der Waals surface area contributed by atoms with Gasteiger partial charge in [0.2, 0.25) is 0 Å². The molecule has 12 heavy (non-hydrogen) atoms. The van der Waals surface area contributed by atoms with Gasteiger partial charge in [-0.05, 0) is 29.0 Å². The molecule has 0 aromatic carbocycles. The van der Waals surface area contributed by atoms with Crippen LogP contribution in [-0.4, -0.2) is 27.6 Å². The van der Waals surface area contributed by atoms with E-state index < -0.39 is 0 Å². The zero-order chi connectivity index (χ0) is 8.97. The molecule has 0 bridgehead atoms. The molecule has 2 nitrogen and oxygen atoms in total. The van der Waals surface area contributed by atoms with E-state index in [1.807, 2.05) is 0 Å². The summed E-state index contributed by atoms with van der Waals surface area (Å²) in [4.78, 5) is 4.61. The zero-order valence-corrected chi connectivity index (χ0v) is 9.99. The summed E-state index contributed by atoms with van der Waals surface area (Å²) in [5, 5.41) is 0. The number of halogens is 1. The molecule has 0 amide bonds. The molecule has 1 aliphatic rings. The minimum Gasteiger partial charge on any atom is -0.351 e. The monoisotopic (exact) mass is 280 g/mol. The third kappa shape index (κ3) is 2.54. The number of hydrogen-bond donors (Lipinski definition) is 0. The van der Waals surface area contributed by atoms with Crippen molar-refractivity contribution in [2.45, 2.75) is 30.4 Å². The van der Waals surface area contributed by atoms with Crippen molar-refractivity contribution in [3.05, 3.63) is 12.4 Å². The molecule has 0 fully saturated rings. The van der Waals surface area contributed by atoms with Gasteiger partial charge in [0.15, 0.2) is 4.17 Å². The molecule has 0 radical (unpaired) electrons. The van der Waals surface area contributed by atoms with Crippen molar-refractivity contribution in [1.29, 1.82) is 0 Å². The lowest BCUT2D eigenvalue weighted by molar-refractivity contribution is 0.273. The summed E-state index contributed by atoms with van der Waals surface area (Å²) in [5.41, 5.74) is 0. The van der Waals surface area contributed by atoms with E-state index >= 15 is 0 Å². The van der Waals surface area contributed by atoms with E-state index in [2.05, 4.69) is 58.8 Å². The third-order valence-electron chi connectivity index (χ3n) is 2.12. The number of hydrogen-bond acceptors (Lipinski definition) is 2. The molecule has 0 aromatic heterocycles. The Balaban J connectivity index is 2.21. The van der Waals surface area contributed by atoms with E-state index in [0.29, 0.717) is 4.17 Å². The molecule has 0 N–H and O–H groups in total. The highest BCUT2D eigenvalue weighted by atomic mass is 127. The van der Waals surface area contributed by atoms with E-state index in [1.54, 1.807) is 0 Å². The van der Waals surface area contributed by atoms with Crippen LogP contribution in [-0.2, 0) is 0 Å². The number of alkyl halides is 1. The Hall–Kier alpha value is 0.0700. The Morgan fingerprint density at radius 2 is 2.08 bits per heavy atom. The summed E-state index contributed by atoms with van der Waals surface area (Å²) in [5.74, 6) is 0. The summed E-state index contributed by atoms with van der Waals surface area (Å²) in [6.07, 6.45) is 8.29. The Bertz CT molecular complexity index is 159. The fourth-order valence-corrected chi connectivity index (χ4v) is 1.94. The van der Waals surface area contributed by atoms with Gasteiger partial charge in [0, 0.05) is 26.0 Å². The van der Waals surface area contributed by atoms with E-state index in [4.69, 9.17) is 0 Å². The topological polar surface area (TPSA) is 6.48 Å². The standard InChI is InChI=1S/C9H17IN2/c1-3-4-5-6-12-8-7-11(2)9(12)10/h7-9H,3-6H2,1-2H3. The molecule has 0 saturated heterocycles. The molecule has 1 unspecified atom stereocenters. The van der Waals surface area contributed by atoms with Crippen LogP contribution in [0.3, 0.4) is 0 Å². The number of rotatable bonds is 4. The molecule has 0 aliphatic carbocycles. The Labute approximate surface area is 88.7 Å². The summed E-state index contributed by atoms with van der Waals surface area (Å²) in [6, 6.07) is 0. The molecule has 0 spiro atoms. The van der Waals surface area contributed by atoms with Gasteiger partial charge in [-0.15, -0.1) is 0 Å². The zero-order valence-electron chi connectivity index (χ0n) is 7.83. The van der Waals surface area contributed by atoms with Gasteiger partial charge >= 0.3 is 0 Å². The van der Waals surface area contributed by atoms with Gasteiger partial charge in [-0.3, -0.25) is 0 Å². The van der Waals surface area contributed by atoms with E-state index in [9.17, 15) is 0 Å². The van der Waals surface area contributed by atoms with Crippen LogP contribution in [0.25, 0.3) is 0 Å². The lowest BCUT2D eigenvalue weighted by atomic mass is 10.2. The first-order valence-electron chi connectivity index (χ1n) is 4.55. The van der Waals surface area contributed by atoms with Crippen molar-refractivity contribution < 1.29 is 0 Å². The average Bonchev–Trinajstić information content (AvgIpc) is 2.36. The van der Waals surface area contributed by atoms with Crippen molar-refractivity contribution in [1.82, 2.24) is 9.80 Å². The highest BCUT2D eigenvalue weighted by molar-refractivity contribution is 14.1. The van der Waals surface area contributed by atoms with Crippen molar-refractivity contribution in [2.75, 3.05) is 13.6 Å². The van der Waals surface area contributed by atoms with Gasteiger partial charge in [-0.25, -0.2) is 0 Å². The number of nitrogens with zero attached hydrogens (tertiary/aromatic N) is 2. The van der Waals surface area contributed by atoms with E-state index in [-0.39, 0.29) is 0 Å². The van der Waals surface area contributed by atoms with Crippen LogP contribution >= 0.6 is 22.6 Å². The lowest BCUT2D eigenvalue weighted by Gasteiger charge is -2.25. The van der Waals surface area contributed by atoms with Crippen LogP contribution in [0.5, 0.6) is 0 Å². The largest absolute Gasteiger partial charge is 0.351 e. The molecular formula is C9H17IN2. The molecule has 1 heterocycles. The Kier molecular flexibility index (Phi) is 4.18. The maximum absolute atomic E-state index is 2.46. The van der Waals surface area contributed by atoms with Crippen LogP contribution in [0, 0.1) is 0 Å². The first-order valence-corrected chi connectivity index (χ1v) is 5.80. The Morgan fingerprint density at radius 1 is 1.33 bits per heavy atom. The van der Waals surface area contributed by atoms with Crippen molar-refractivity contribution in [2.24, 2.45) is 0 Å².